The molecule has 1 aromatic heterocycles. The van der Waals surface area contributed by atoms with E-state index in [9.17, 15) is 14.3 Å². The van der Waals surface area contributed by atoms with Crippen LogP contribution in [0.4, 0.5) is 15.8 Å². The van der Waals surface area contributed by atoms with Crippen molar-refractivity contribution in [1.82, 2.24) is 9.47 Å². The smallest absolute Gasteiger partial charge is 0.310 e. The number of hydrogen-bond donors (Lipinski definition) is 1. The summed E-state index contributed by atoms with van der Waals surface area (Å²) in [4.78, 5) is 14.3. The Bertz CT molecular complexity index is 1110. The molecule has 3 aromatic rings. The topological polar surface area (TPSA) is 79.4 Å². The lowest BCUT2D eigenvalue weighted by atomic mass is 9.98. The fourth-order valence-corrected chi connectivity index (χ4v) is 3.99. The van der Waals surface area contributed by atoms with E-state index in [1.165, 1.54) is 12.1 Å². The first-order valence-electron chi connectivity index (χ1n) is 10.4. The standard InChI is InChI=1S/C23H25FN4O3/c1-2-31-23(30)16-8-7-13-27(14-16)15-28-20-12-6-3-9-17(20)21(22(28)29)26-25-19-11-5-4-10-18(19)24/h3-6,9-12,16,29H,2,7-8,13-15H2,1H3/t16-/m0/s1. The predicted molar refractivity (Wildman–Crippen MR) is 115 cm³/mol. The van der Waals surface area contributed by atoms with Crippen molar-refractivity contribution >= 4 is 28.2 Å². The summed E-state index contributed by atoms with van der Waals surface area (Å²) in [6.45, 7) is 3.96. The van der Waals surface area contributed by atoms with Gasteiger partial charge >= 0.3 is 5.97 Å². The number of rotatable bonds is 6. The number of azo groups is 1. The van der Waals surface area contributed by atoms with E-state index in [1.807, 2.05) is 24.3 Å². The van der Waals surface area contributed by atoms with E-state index in [2.05, 4.69) is 15.1 Å². The summed E-state index contributed by atoms with van der Waals surface area (Å²) in [6.07, 6.45) is 1.68. The molecule has 0 aliphatic carbocycles. The van der Waals surface area contributed by atoms with Crippen molar-refractivity contribution in [1.29, 1.82) is 0 Å². The van der Waals surface area contributed by atoms with Gasteiger partial charge < -0.3 is 9.84 Å². The molecule has 162 valence electrons. The number of benzene rings is 2. The summed E-state index contributed by atoms with van der Waals surface area (Å²) >= 11 is 0. The molecule has 2 aromatic carbocycles. The van der Waals surface area contributed by atoms with Crippen LogP contribution in [0.25, 0.3) is 10.9 Å². The van der Waals surface area contributed by atoms with Crippen molar-refractivity contribution < 1.29 is 19.0 Å². The van der Waals surface area contributed by atoms with Crippen LogP contribution in [0.1, 0.15) is 19.8 Å². The molecule has 2 heterocycles. The van der Waals surface area contributed by atoms with Crippen molar-refractivity contribution in [3.63, 3.8) is 0 Å². The molecule has 1 saturated heterocycles. The molecular formula is C23H25FN4O3. The lowest BCUT2D eigenvalue weighted by Gasteiger charge is -2.31. The molecule has 8 heteroatoms. The molecule has 0 unspecified atom stereocenters. The molecule has 31 heavy (non-hydrogen) atoms. The van der Waals surface area contributed by atoms with Gasteiger partial charge in [-0.15, -0.1) is 10.2 Å². The third-order valence-corrected chi connectivity index (χ3v) is 5.49. The molecule has 0 bridgehead atoms. The number of aromatic hydroxyl groups is 1. The van der Waals surface area contributed by atoms with Crippen molar-refractivity contribution in [2.24, 2.45) is 16.1 Å². The number of piperidine rings is 1. The highest BCUT2D eigenvalue weighted by molar-refractivity contribution is 5.95. The molecule has 0 amide bonds. The van der Waals surface area contributed by atoms with Gasteiger partial charge in [0.15, 0.2) is 11.5 Å². The zero-order valence-electron chi connectivity index (χ0n) is 17.4. The Morgan fingerprint density at radius 3 is 2.77 bits per heavy atom. The molecule has 0 saturated carbocycles. The normalized spacial score (nSPS) is 17.4. The fraction of sp³-hybridized carbons (Fsp3) is 0.348. The summed E-state index contributed by atoms with van der Waals surface area (Å²) in [5.74, 6) is -0.863. The Hall–Kier alpha value is -3.26. The Balaban J connectivity index is 1.62. The van der Waals surface area contributed by atoms with Crippen LogP contribution in [0.2, 0.25) is 0 Å². The number of nitrogens with zero attached hydrogens (tertiary/aromatic N) is 4. The number of hydrogen-bond acceptors (Lipinski definition) is 6. The number of likely N-dealkylation sites (tertiary alicyclic amines) is 1. The lowest BCUT2D eigenvalue weighted by Crippen LogP contribution is -2.40. The first-order valence-corrected chi connectivity index (χ1v) is 10.4. The van der Waals surface area contributed by atoms with E-state index in [0.717, 1.165) is 30.3 Å². The van der Waals surface area contributed by atoms with Crippen LogP contribution in [-0.4, -0.2) is 40.2 Å². The van der Waals surface area contributed by atoms with Gasteiger partial charge in [-0.3, -0.25) is 14.3 Å². The zero-order valence-corrected chi connectivity index (χ0v) is 17.4. The summed E-state index contributed by atoms with van der Waals surface area (Å²) in [5.41, 5.74) is 1.19. The minimum atomic E-state index is -0.479. The molecule has 1 N–H and O–H groups in total. The second-order valence-electron chi connectivity index (χ2n) is 7.58. The highest BCUT2D eigenvalue weighted by Crippen LogP contribution is 2.40. The maximum atomic E-state index is 13.9. The largest absolute Gasteiger partial charge is 0.493 e. The van der Waals surface area contributed by atoms with Gasteiger partial charge in [-0.25, -0.2) is 4.39 Å². The number of esters is 1. The van der Waals surface area contributed by atoms with E-state index >= 15 is 0 Å². The molecule has 7 nitrogen and oxygen atoms in total. The maximum Gasteiger partial charge on any atom is 0.310 e. The number of carbonyl (C=O) groups excluding carboxylic acids is 1. The summed E-state index contributed by atoms with van der Waals surface area (Å²) in [5, 5.41) is 19.8. The number of para-hydroxylation sites is 1. The second kappa shape index (κ2) is 9.26. The van der Waals surface area contributed by atoms with Gasteiger partial charge in [-0.05, 0) is 44.5 Å². The summed E-state index contributed by atoms with van der Waals surface area (Å²) in [7, 11) is 0. The second-order valence-corrected chi connectivity index (χ2v) is 7.58. The van der Waals surface area contributed by atoms with E-state index in [0.29, 0.717) is 19.8 Å². The van der Waals surface area contributed by atoms with Crippen LogP contribution < -0.4 is 0 Å². The van der Waals surface area contributed by atoms with Crippen LogP contribution in [-0.2, 0) is 16.2 Å². The van der Waals surface area contributed by atoms with E-state index in [4.69, 9.17) is 4.74 Å². The lowest BCUT2D eigenvalue weighted by molar-refractivity contribution is -0.150. The minimum absolute atomic E-state index is 0.0421. The molecule has 1 atom stereocenters. The number of aromatic nitrogens is 1. The van der Waals surface area contributed by atoms with Gasteiger partial charge in [0, 0.05) is 11.9 Å². The van der Waals surface area contributed by atoms with Crippen LogP contribution in [0.15, 0.2) is 58.8 Å². The van der Waals surface area contributed by atoms with Crippen molar-refractivity contribution in [2.75, 3.05) is 19.7 Å². The van der Waals surface area contributed by atoms with Gasteiger partial charge in [0.2, 0.25) is 5.88 Å². The molecule has 4 rings (SSSR count). The molecule has 1 aliphatic rings. The van der Waals surface area contributed by atoms with Gasteiger partial charge in [0.05, 0.1) is 24.7 Å². The number of carbonyl (C=O) groups is 1. The van der Waals surface area contributed by atoms with Gasteiger partial charge in [-0.2, -0.15) is 0 Å². The Morgan fingerprint density at radius 1 is 1.19 bits per heavy atom. The average Bonchev–Trinajstić information content (AvgIpc) is 3.05. The SMILES string of the molecule is CCOC(=O)[C@H]1CCCN(Cn2c(O)c(N=Nc3ccccc3F)c3ccccc32)C1. The Kier molecular flexibility index (Phi) is 6.27. The Labute approximate surface area is 179 Å². The highest BCUT2D eigenvalue weighted by atomic mass is 19.1. The van der Waals surface area contributed by atoms with Crippen LogP contribution in [0.5, 0.6) is 5.88 Å². The Morgan fingerprint density at radius 2 is 1.97 bits per heavy atom. The van der Waals surface area contributed by atoms with Crippen LogP contribution in [0.3, 0.4) is 0 Å². The van der Waals surface area contributed by atoms with Crippen molar-refractivity contribution in [3.05, 3.63) is 54.3 Å². The van der Waals surface area contributed by atoms with Crippen molar-refractivity contribution in [2.45, 2.75) is 26.4 Å². The third kappa shape index (κ3) is 4.44. The van der Waals surface area contributed by atoms with Crippen molar-refractivity contribution in [3.8, 4) is 5.88 Å². The maximum absolute atomic E-state index is 13.9. The monoisotopic (exact) mass is 424 g/mol. The summed E-state index contributed by atoms with van der Waals surface area (Å²) < 4.78 is 20.8. The van der Waals surface area contributed by atoms with Gasteiger partial charge in [-0.1, -0.05) is 30.3 Å². The highest BCUT2D eigenvalue weighted by Gasteiger charge is 2.28. The minimum Gasteiger partial charge on any atom is -0.493 e. The number of ether oxygens (including phenoxy) is 1. The van der Waals surface area contributed by atoms with Crippen LogP contribution in [0, 0.1) is 11.7 Å². The van der Waals surface area contributed by atoms with E-state index in [1.54, 1.807) is 23.6 Å². The van der Waals surface area contributed by atoms with E-state index in [-0.39, 0.29) is 29.1 Å². The molecular weight excluding hydrogens is 399 g/mol. The first-order chi connectivity index (χ1) is 15.1. The van der Waals surface area contributed by atoms with E-state index < -0.39 is 5.82 Å². The van der Waals surface area contributed by atoms with Gasteiger partial charge in [0.25, 0.3) is 0 Å². The quantitative estimate of drug-likeness (QED) is 0.439. The third-order valence-electron chi connectivity index (χ3n) is 5.49. The average molecular weight is 424 g/mol. The molecule has 1 fully saturated rings. The molecule has 0 spiro atoms. The molecule has 1 aliphatic heterocycles. The van der Waals surface area contributed by atoms with Gasteiger partial charge in [0.1, 0.15) is 5.69 Å². The van der Waals surface area contributed by atoms with Crippen LogP contribution >= 0.6 is 0 Å². The first kappa shape index (κ1) is 21.0. The fourth-order valence-electron chi connectivity index (χ4n) is 3.99. The number of fused-ring (bicyclic) bond motifs is 1. The summed E-state index contributed by atoms with van der Waals surface area (Å²) in [6, 6.07) is 13.6. The zero-order chi connectivity index (χ0) is 21.8. The number of halogens is 1. The predicted octanol–water partition coefficient (Wildman–Crippen LogP) is 5.13. The molecule has 0 radical (unpaired) electrons.